The molecule has 2 heteroatoms. The summed E-state index contributed by atoms with van der Waals surface area (Å²) in [6.07, 6.45) is 0. The maximum absolute atomic E-state index is 3.55. The smallest absolute Gasteiger partial charge is 0.0288 e. The Morgan fingerprint density at radius 2 is 1.71 bits per heavy atom. The Bertz CT molecular complexity index is 408. The molecule has 0 heterocycles. The van der Waals surface area contributed by atoms with Gasteiger partial charge in [0.25, 0.3) is 0 Å². The fraction of sp³-hybridized carbons (Fsp3) is 0. The third-order valence-corrected chi connectivity index (χ3v) is 3.55. The second kappa shape index (κ2) is 4.45. The lowest BCUT2D eigenvalue weighted by atomic mass is 10.1. The van der Waals surface area contributed by atoms with Gasteiger partial charge in [0.2, 0.25) is 0 Å². The molecular weight excluding hydrogens is 351 g/mol. The minimum atomic E-state index is 1.12. The highest BCUT2D eigenvalue weighted by Gasteiger charge is 2.04. The van der Waals surface area contributed by atoms with Crippen molar-refractivity contribution in [3.63, 3.8) is 0 Å². The standard InChI is InChI=1S/C12H7BrI/c13-11-7-3-1-5-9(11)10-6-2-4-8-12(10)14/h1-7H. The van der Waals surface area contributed by atoms with Crippen LogP contribution >= 0.6 is 38.5 Å². The molecule has 0 N–H and O–H groups in total. The maximum atomic E-state index is 3.55. The normalized spacial score (nSPS) is 10.1. The van der Waals surface area contributed by atoms with Gasteiger partial charge in [0.15, 0.2) is 0 Å². The van der Waals surface area contributed by atoms with Crippen LogP contribution in [0.2, 0.25) is 0 Å². The van der Waals surface area contributed by atoms with E-state index in [4.69, 9.17) is 0 Å². The molecule has 69 valence electrons. The largest absolute Gasteiger partial charge is 0.0616 e. The molecule has 0 saturated carbocycles. The molecule has 0 spiro atoms. The molecule has 0 unspecified atom stereocenters. The van der Waals surface area contributed by atoms with Crippen LogP contribution in [0.15, 0.2) is 46.9 Å². The lowest BCUT2D eigenvalue weighted by molar-refractivity contribution is 1.55. The van der Waals surface area contributed by atoms with Crippen molar-refractivity contribution in [1.29, 1.82) is 0 Å². The van der Waals surface area contributed by atoms with Crippen molar-refractivity contribution in [2.45, 2.75) is 0 Å². The van der Waals surface area contributed by atoms with E-state index in [0.717, 1.165) is 8.04 Å². The molecule has 0 nitrogen and oxygen atoms in total. The van der Waals surface area contributed by atoms with Crippen LogP contribution in [-0.2, 0) is 0 Å². The minimum Gasteiger partial charge on any atom is -0.0616 e. The number of rotatable bonds is 1. The van der Waals surface area contributed by atoms with E-state index in [-0.39, 0.29) is 0 Å². The van der Waals surface area contributed by atoms with Crippen LogP contribution in [0, 0.1) is 9.64 Å². The van der Waals surface area contributed by atoms with E-state index in [9.17, 15) is 0 Å². The first-order valence-electron chi connectivity index (χ1n) is 4.20. The highest BCUT2D eigenvalue weighted by molar-refractivity contribution is 14.1. The highest BCUT2D eigenvalue weighted by Crippen LogP contribution is 2.30. The first kappa shape index (κ1) is 10.2. The summed E-state index contributed by atoms with van der Waals surface area (Å²) in [4.78, 5) is 0. The molecule has 0 aliphatic heterocycles. The number of hydrogen-bond donors (Lipinski definition) is 0. The third-order valence-electron chi connectivity index (χ3n) is 1.97. The van der Waals surface area contributed by atoms with Crippen molar-refractivity contribution in [2.75, 3.05) is 0 Å². The zero-order valence-electron chi connectivity index (χ0n) is 7.30. The quantitative estimate of drug-likeness (QED) is 0.658. The summed E-state index contributed by atoms with van der Waals surface area (Å²) < 4.78 is 2.27. The van der Waals surface area contributed by atoms with Gasteiger partial charge in [-0.1, -0.05) is 52.3 Å². The number of hydrogen-bond acceptors (Lipinski definition) is 0. The van der Waals surface area contributed by atoms with Crippen LogP contribution in [0.25, 0.3) is 11.1 Å². The van der Waals surface area contributed by atoms with Crippen LogP contribution in [0.5, 0.6) is 0 Å². The van der Waals surface area contributed by atoms with E-state index in [1.165, 1.54) is 11.1 Å². The minimum absolute atomic E-state index is 1.12. The van der Waals surface area contributed by atoms with Gasteiger partial charge in [-0.3, -0.25) is 0 Å². The molecular formula is C12H7BrI. The third kappa shape index (κ3) is 2.01. The topological polar surface area (TPSA) is 0 Å². The van der Waals surface area contributed by atoms with Crippen LogP contribution in [0.4, 0.5) is 0 Å². The summed E-state index contributed by atoms with van der Waals surface area (Å²) in [7, 11) is 0. The molecule has 0 bridgehead atoms. The van der Waals surface area contributed by atoms with E-state index >= 15 is 0 Å². The van der Waals surface area contributed by atoms with Gasteiger partial charge < -0.3 is 0 Å². The second-order valence-corrected chi connectivity index (χ2v) is 4.81. The van der Waals surface area contributed by atoms with Gasteiger partial charge in [-0.2, -0.15) is 0 Å². The molecule has 2 aromatic carbocycles. The Labute approximate surface area is 106 Å². The van der Waals surface area contributed by atoms with Crippen molar-refractivity contribution < 1.29 is 0 Å². The number of halogens is 2. The first-order valence-corrected chi connectivity index (χ1v) is 6.07. The van der Waals surface area contributed by atoms with Crippen molar-refractivity contribution in [1.82, 2.24) is 0 Å². The summed E-state index contributed by atoms with van der Waals surface area (Å²) in [5, 5.41) is 0. The van der Waals surface area contributed by atoms with E-state index in [2.05, 4.69) is 62.8 Å². The second-order valence-electron chi connectivity index (χ2n) is 2.88. The molecule has 0 aliphatic carbocycles. The van der Waals surface area contributed by atoms with Gasteiger partial charge >= 0.3 is 0 Å². The van der Waals surface area contributed by atoms with Crippen LogP contribution in [-0.4, -0.2) is 0 Å². The van der Waals surface area contributed by atoms with Gasteiger partial charge in [-0.25, -0.2) is 0 Å². The fourth-order valence-corrected chi connectivity index (χ4v) is 2.45. The highest BCUT2D eigenvalue weighted by atomic mass is 127. The molecule has 0 atom stereocenters. The maximum Gasteiger partial charge on any atom is 0.0288 e. The first-order chi connectivity index (χ1) is 6.79. The van der Waals surface area contributed by atoms with Crippen molar-refractivity contribution in [3.8, 4) is 11.1 Å². The summed E-state index contributed by atoms with van der Waals surface area (Å²) in [6.45, 7) is 0. The molecule has 0 amide bonds. The van der Waals surface area contributed by atoms with E-state index < -0.39 is 0 Å². The average molecular weight is 358 g/mol. The Morgan fingerprint density at radius 1 is 1.00 bits per heavy atom. The summed E-state index contributed by atoms with van der Waals surface area (Å²) in [5.41, 5.74) is 2.44. The molecule has 0 saturated heterocycles. The average Bonchev–Trinajstić information content (AvgIpc) is 2.20. The van der Waals surface area contributed by atoms with Crippen LogP contribution in [0.1, 0.15) is 0 Å². The van der Waals surface area contributed by atoms with Crippen molar-refractivity contribution in [2.24, 2.45) is 0 Å². The Balaban J connectivity index is 2.61. The molecule has 14 heavy (non-hydrogen) atoms. The summed E-state index contributed by atoms with van der Waals surface area (Å²) in [6, 6.07) is 17.5. The van der Waals surface area contributed by atoms with Gasteiger partial charge in [0.1, 0.15) is 0 Å². The van der Waals surface area contributed by atoms with Gasteiger partial charge in [0.05, 0.1) is 0 Å². The van der Waals surface area contributed by atoms with Gasteiger partial charge in [-0.05, 0) is 45.9 Å². The summed E-state index contributed by atoms with van der Waals surface area (Å²) in [5.74, 6) is 0. The monoisotopic (exact) mass is 357 g/mol. The van der Waals surface area contributed by atoms with Gasteiger partial charge in [-0.15, -0.1) is 0 Å². The SMILES string of the molecule is Brc1ccccc1-c1ccc[c]c1I. The van der Waals surface area contributed by atoms with E-state index in [1.54, 1.807) is 0 Å². The Kier molecular flexibility index (Phi) is 3.23. The van der Waals surface area contributed by atoms with Crippen LogP contribution in [0.3, 0.4) is 0 Å². The predicted molar refractivity (Wildman–Crippen MR) is 71.1 cm³/mol. The predicted octanol–water partition coefficient (Wildman–Crippen LogP) is 4.52. The zero-order chi connectivity index (χ0) is 9.97. The molecule has 2 rings (SSSR count). The molecule has 0 fully saturated rings. The van der Waals surface area contributed by atoms with Crippen LogP contribution < -0.4 is 0 Å². The van der Waals surface area contributed by atoms with Gasteiger partial charge in [0, 0.05) is 8.04 Å². The lowest BCUT2D eigenvalue weighted by Crippen LogP contribution is -1.83. The Morgan fingerprint density at radius 3 is 2.43 bits per heavy atom. The molecule has 1 radical (unpaired) electrons. The lowest BCUT2D eigenvalue weighted by Gasteiger charge is -2.05. The molecule has 0 aliphatic rings. The Hall–Kier alpha value is -0.350. The number of benzene rings is 2. The molecule has 0 aromatic heterocycles. The van der Waals surface area contributed by atoms with E-state index in [1.807, 2.05) is 24.3 Å². The fourth-order valence-electron chi connectivity index (χ4n) is 1.30. The summed E-state index contributed by atoms with van der Waals surface area (Å²) >= 11 is 5.85. The van der Waals surface area contributed by atoms with Crippen molar-refractivity contribution in [3.05, 3.63) is 56.6 Å². The molecule has 2 aromatic rings. The van der Waals surface area contributed by atoms with E-state index in [0.29, 0.717) is 0 Å². The zero-order valence-corrected chi connectivity index (χ0v) is 11.0. The van der Waals surface area contributed by atoms with Crippen molar-refractivity contribution >= 4 is 38.5 Å².